The van der Waals surface area contributed by atoms with Crippen LogP contribution in [0.5, 0.6) is 0 Å². The van der Waals surface area contributed by atoms with Crippen LogP contribution in [-0.2, 0) is 23.2 Å². The fourth-order valence-electron chi connectivity index (χ4n) is 6.28. The molecular formula is C35H42FeP2. The van der Waals surface area contributed by atoms with E-state index >= 15 is 0 Å². The van der Waals surface area contributed by atoms with Crippen molar-refractivity contribution in [1.82, 2.24) is 0 Å². The molecule has 4 aromatic rings. The maximum absolute atomic E-state index is 2.55. The summed E-state index contributed by atoms with van der Waals surface area (Å²) in [7, 11) is -0.401. The third-order valence-corrected chi connectivity index (χ3v) is 14.2. The first-order valence-electron chi connectivity index (χ1n) is 14.5. The molecule has 0 radical (unpaired) electrons. The fraction of sp³-hybridized carbons (Fsp3) is 0.371. The second-order valence-electron chi connectivity index (χ2n) is 10.6. The van der Waals surface area contributed by atoms with Crippen molar-refractivity contribution < 1.29 is 17.1 Å². The molecule has 0 heterocycles. The molecule has 0 spiro atoms. The average Bonchev–Trinajstić information content (AvgIpc) is 3.70. The van der Waals surface area contributed by atoms with Gasteiger partial charge < -0.3 is 0 Å². The standard InChI is InChI=1S/C30H37P2.C5H5.Fe/c1-5-15-26(16-6-1)31(27-17-7-2-8-18-27)24-25-14-13-23-30(25)32(28-19-9-3-10-20-28)29-21-11-4-12-22-29;1-2-4-5-3-1;/h1-2,5-8,13-18,23,28-29H,3-4,9-12,19-22,24H2;1-5H;/q2*-1;+2. The summed E-state index contributed by atoms with van der Waals surface area (Å²) in [5.41, 5.74) is 3.62. The maximum atomic E-state index is 2.55. The Bertz CT molecular complexity index is 1050. The van der Waals surface area contributed by atoms with Crippen LogP contribution in [0.2, 0.25) is 0 Å². The van der Waals surface area contributed by atoms with Gasteiger partial charge in [-0.15, -0.1) is 5.30 Å². The molecule has 38 heavy (non-hydrogen) atoms. The average molecular weight is 581 g/mol. The summed E-state index contributed by atoms with van der Waals surface area (Å²) >= 11 is 0. The van der Waals surface area contributed by atoms with E-state index in [1.54, 1.807) is 10.9 Å². The van der Waals surface area contributed by atoms with Crippen molar-refractivity contribution >= 4 is 31.8 Å². The Kier molecular flexibility index (Phi) is 12.4. The summed E-state index contributed by atoms with van der Waals surface area (Å²) in [6, 6.07) is 40.0. The van der Waals surface area contributed by atoms with E-state index < -0.39 is 0 Å². The number of benzene rings is 2. The van der Waals surface area contributed by atoms with Crippen LogP contribution >= 0.6 is 15.8 Å². The van der Waals surface area contributed by atoms with Crippen LogP contribution in [0.25, 0.3) is 0 Å². The van der Waals surface area contributed by atoms with Crippen molar-refractivity contribution in [2.45, 2.75) is 81.7 Å². The van der Waals surface area contributed by atoms with Gasteiger partial charge in [0.1, 0.15) is 0 Å². The molecule has 0 saturated heterocycles. The summed E-state index contributed by atoms with van der Waals surface area (Å²) < 4.78 is 0. The third kappa shape index (κ3) is 8.03. The topological polar surface area (TPSA) is 0 Å². The number of rotatable bonds is 7. The minimum absolute atomic E-state index is 0. The Morgan fingerprint density at radius 1 is 0.579 bits per heavy atom. The minimum atomic E-state index is -0.367. The van der Waals surface area contributed by atoms with E-state index in [-0.39, 0.29) is 32.9 Å². The van der Waals surface area contributed by atoms with E-state index in [1.807, 2.05) is 30.3 Å². The first-order valence-corrected chi connectivity index (χ1v) is 17.5. The molecule has 200 valence electrons. The van der Waals surface area contributed by atoms with Crippen molar-refractivity contribution in [2.24, 2.45) is 0 Å². The van der Waals surface area contributed by atoms with Crippen molar-refractivity contribution in [3.63, 3.8) is 0 Å². The molecular weight excluding hydrogens is 538 g/mol. The monoisotopic (exact) mass is 580 g/mol. The predicted molar refractivity (Wildman–Crippen MR) is 167 cm³/mol. The van der Waals surface area contributed by atoms with Gasteiger partial charge in [-0.1, -0.05) is 121 Å². The Morgan fingerprint density at radius 3 is 1.53 bits per heavy atom. The molecule has 2 fully saturated rings. The Balaban J connectivity index is 0.000000504. The molecule has 0 aliphatic heterocycles. The van der Waals surface area contributed by atoms with Gasteiger partial charge in [0.15, 0.2) is 0 Å². The zero-order valence-corrected chi connectivity index (χ0v) is 25.5. The van der Waals surface area contributed by atoms with Gasteiger partial charge in [-0.05, 0) is 47.6 Å². The second-order valence-corrected chi connectivity index (χ2v) is 15.6. The quantitative estimate of drug-likeness (QED) is 0.116. The number of hydrogen-bond acceptors (Lipinski definition) is 0. The summed E-state index contributed by atoms with van der Waals surface area (Å²) in [6.45, 7) is 0. The largest absolute Gasteiger partial charge is 2.00 e. The Labute approximate surface area is 244 Å². The van der Waals surface area contributed by atoms with Gasteiger partial charge in [-0.25, -0.2) is 18.2 Å². The molecule has 3 heteroatoms. The minimum Gasteiger partial charge on any atom is -0.214 e. The van der Waals surface area contributed by atoms with Crippen LogP contribution in [0.15, 0.2) is 109 Å². The fourth-order valence-corrected chi connectivity index (χ4v) is 12.7. The zero-order chi connectivity index (χ0) is 25.1. The van der Waals surface area contributed by atoms with Gasteiger partial charge in [-0.3, -0.25) is 0 Å². The van der Waals surface area contributed by atoms with Gasteiger partial charge in [0.25, 0.3) is 0 Å². The van der Waals surface area contributed by atoms with Gasteiger partial charge in [-0.2, -0.15) is 35.9 Å². The maximum Gasteiger partial charge on any atom is 2.00 e. The molecule has 2 aliphatic rings. The first kappa shape index (κ1) is 29.5. The predicted octanol–water partition coefficient (Wildman–Crippen LogP) is 9.21. The summed E-state index contributed by atoms with van der Waals surface area (Å²) in [4.78, 5) is 0. The van der Waals surface area contributed by atoms with Crippen LogP contribution in [0, 0.1) is 0 Å². The van der Waals surface area contributed by atoms with Crippen molar-refractivity contribution in [3.8, 4) is 0 Å². The molecule has 0 amide bonds. The van der Waals surface area contributed by atoms with E-state index in [9.17, 15) is 0 Å². The van der Waals surface area contributed by atoms with Crippen molar-refractivity contribution in [3.05, 3.63) is 115 Å². The SMILES string of the molecule is [Fe+2].c1cc[cH-]c1.c1ccc(P(Cc2cc[cH-]c2P(C2CCCCC2)C2CCCCC2)c2ccccc2)cc1. The molecule has 0 nitrogen and oxygen atoms in total. The summed E-state index contributed by atoms with van der Waals surface area (Å²) in [5, 5.41) is 4.82. The van der Waals surface area contributed by atoms with E-state index in [0.29, 0.717) is 0 Å². The van der Waals surface area contributed by atoms with Gasteiger partial charge in [0, 0.05) is 0 Å². The van der Waals surface area contributed by atoms with E-state index in [4.69, 9.17) is 0 Å². The number of hydrogen-bond donors (Lipinski definition) is 0. The van der Waals surface area contributed by atoms with E-state index in [0.717, 1.165) is 11.3 Å². The van der Waals surface area contributed by atoms with Gasteiger partial charge in [0.2, 0.25) is 0 Å². The summed E-state index contributed by atoms with van der Waals surface area (Å²) in [6.07, 6.45) is 15.9. The molecule has 0 atom stereocenters. The molecule has 0 unspecified atom stereocenters. The Hall–Kier alpha value is -1.48. The van der Waals surface area contributed by atoms with Gasteiger partial charge in [0.05, 0.1) is 0 Å². The molecule has 4 aromatic carbocycles. The molecule has 2 saturated carbocycles. The van der Waals surface area contributed by atoms with Crippen molar-refractivity contribution in [2.75, 3.05) is 0 Å². The molecule has 0 aromatic heterocycles. The van der Waals surface area contributed by atoms with E-state index in [2.05, 4.69) is 78.9 Å². The zero-order valence-electron chi connectivity index (χ0n) is 22.6. The van der Waals surface area contributed by atoms with Gasteiger partial charge >= 0.3 is 17.1 Å². The van der Waals surface area contributed by atoms with Crippen LogP contribution in [-0.4, -0.2) is 11.3 Å². The Morgan fingerprint density at radius 2 is 1.08 bits per heavy atom. The first-order chi connectivity index (χ1) is 18.4. The van der Waals surface area contributed by atoms with Crippen LogP contribution in [0.1, 0.15) is 69.8 Å². The van der Waals surface area contributed by atoms with E-state index in [1.165, 1.54) is 81.0 Å². The normalized spacial score (nSPS) is 16.6. The summed E-state index contributed by atoms with van der Waals surface area (Å²) in [5.74, 6) is 0. The smallest absolute Gasteiger partial charge is 0.214 e. The van der Waals surface area contributed by atoms with Crippen molar-refractivity contribution in [1.29, 1.82) is 0 Å². The molecule has 2 aliphatic carbocycles. The van der Waals surface area contributed by atoms with Crippen LogP contribution in [0.3, 0.4) is 0 Å². The third-order valence-electron chi connectivity index (χ3n) is 8.11. The molecule has 0 bridgehead atoms. The molecule has 6 rings (SSSR count). The van der Waals surface area contributed by atoms with Crippen LogP contribution < -0.4 is 15.9 Å². The van der Waals surface area contributed by atoms with Crippen LogP contribution in [0.4, 0.5) is 0 Å². The molecule has 0 N–H and O–H groups in total. The second kappa shape index (κ2) is 15.9.